The number of amides is 2. The maximum absolute atomic E-state index is 13.2. The number of carbonyl (C=O) groups is 3. The minimum Gasteiger partial charge on any atom is -0.354 e. The summed E-state index contributed by atoms with van der Waals surface area (Å²) in [7, 11) is 0. The van der Waals surface area contributed by atoms with Crippen molar-refractivity contribution in [3.8, 4) is 0 Å². The third-order valence-corrected chi connectivity index (χ3v) is 5.02. The van der Waals surface area contributed by atoms with Gasteiger partial charge < -0.3 is 10.6 Å². The van der Waals surface area contributed by atoms with Gasteiger partial charge in [-0.15, -0.1) is 11.3 Å². The molecule has 0 radical (unpaired) electrons. The largest absolute Gasteiger partial charge is 0.354 e. The van der Waals surface area contributed by atoms with Crippen LogP contribution in [0.15, 0.2) is 66.0 Å². The van der Waals surface area contributed by atoms with Crippen molar-refractivity contribution in [2.45, 2.75) is 6.42 Å². The van der Waals surface area contributed by atoms with Gasteiger partial charge in [0.1, 0.15) is 5.82 Å². The minimum atomic E-state index is -0.390. The highest BCUT2D eigenvalue weighted by atomic mass is 32.1. The average Bonchev–Trinajstić information content (AvgIpc) is 3.25. The number of nitrogens with one attached hydrogen (secondary N) is 2. The molecule has 0 aliphatic carbocycles. The lowest BCUT2D eigenvalue weighted by Gasteiger charge is -2.10. The Bertz CT molecular complexity index is 1020. The van der Waals surface area contributed by atoms with Gasteiger partial charge in [-0.05, 0) is 35.2 Å². The smallest absolute Gasteiger partial charge is 0.252 e. The van der Waals surface area contributed by atoms with Crippen molar-refractivity contribution in [1.82, 2.24) is 10.6 Å². The van der Waals surface area contributed by atoms with Gasteiger partial charge in [0.15, 0.2) is 0 Å². The molecule has 3 rings (SSSR count). The Balaban J connectivity index is 1.51. The SMILES string of the molecule is O=C(Cc1cccc(F)c1)NCCNC(=O)c1ccccc1C(=O)c1cccs1. The van der Waals surface area contributed by atoms with Gasteiger partial charge in [0, 0.05) is 18.7 Å². The molecule has 0 bridgehead atoms. The number of rotatable bonds is 8. The lowest BCUT2D eigenvalue weighted by atomic mass is 10.0. The molecule has 148 valence electrons. The van der Waals surface area contributed by atoms with Crippen LogP contribution in [0.4, 0.5) is 4.39 Å². The van der Waals surface area contributed by atoms with Gasteiger partial charge in [0.05, 0.1) is 16.9 Å². The molecule has 0 saturated heterocycles. The number of benzene rings is 2. The van der Waals surface area contributed by atoms with Gasteiger partial charge in [-0.25, -0.2) is 4.39 Å². The van der Waals surface area contributed by atoms with Crippen LogP contribution in [0.5, 0.6) is 0 Å². The van der Waals surface area contributed by atoms with E-state index in [0.29, 0.717) is 16.0 Å². The standard InChI is InChI=1S/C22H19FN2O3S/c23-16-6-3-5-15(13-16)14-20(26)24-10-11-25-22(28)18-8-2-1-7-17(18)21(27)19-9-4-12-29-19/h1-9,12-13H,10-11,14H2,(H,24,26)(H,25,28). The molecule has 0 unspecified atom stereocenters. The van der Waals surface area contributed by atoms with Gasteiger partial charge in [0.2, 0.25) is 11.7 Å². The zero-order valence-electron chi connectivity index (χ0n) is 15.5. The quantitative estimate of drug-likeness (QED) is 0.442. The summed E-state index contributed by atoms with van der Waals surface area (Å²) >= 11 is 1.32. The summed E-state index contributed by atoms with van der Waals surface area (Å²) in [5.74, 6) is -1.24. The molecule has 7 heteroatoms. The van der Waals surface area contributed by atoms with Crippen molar-refractivity contribution < 1.29 is 18.8 Å². The molecular formula is C22H19FN2O3S. The lowest BCUT2D eigenvalue weighted by molar-refractivity contribution is -0.120. The fourth-order valence-corrected chi connectivity index (χ4v) is 3.47. The Morgan fingerprint density at radius 3 is 2.34 bits per heavy atom. The Morgan fingerprint density at radius 1 is 0.862 bits per heavy atom. The first-order chi connectivity index (χ1) is 14.0. The zero-order chi connectivity index (χ0) is 20.6. The number of ketones is 1. The van der Waals surface area contributed by atoms with Crippen molar-refractivity contribution in [1.29, 1.82) is 0 Å². The summed E-state index contributed by atoms with van der Waals surface area (Å²) in [6.45, 7) is 0.427. The van der Waals surface area contributed by atoms with Gasteiger partial charge in [-0.3, -0.25) is 14.4 Å². The highest BCUT2D eigenvalue weighted by Crippen LogP contribution is 2.18. The summed E-state index contributed by atoms with van der Waals surface area (Å²) in [5.41, 5.74) is 1.20. The van der Waals surface area contributed by atoms with Crippen LogP contribution in [0.3, 0.4) is 0 Å². The minimum absolute atomic E-state index is 0.0594. The van der Waals surface area contributed by atoms with E-state index in [-0.39, 0.29) is 42.7 Å². The van der Waals surface area contributed by atoms with E-state index in [1.807, 2.05) is 5.38 Å². The third kappa shape index (κ3) is 5.58. The van der Waals surface area contributed by atoms with Crippen LogP contribution in [0.2, 0.25) is 0 Å². The van der Waals surface area contributed by atoms with Crippen LogP contribution in [-0.2, 0) is 11.2 Å². The van der Waals surface area contributed by atoms with Crippen molar-refractivity contribution in [3.05, 3.63) is 93.4 Å². The Hall–Kier alpha value is -3.32. The molecule has 2 amide bonds. The fraction of sp³-hybridized carbons (Fsp3) is 0.136. The van der Waals surface area contributed by atoms with E-state index >= 15 is 0 Å². The van der Waals surface area contributed by atoms with Gasteiger partial charge in [-0.2, -0.15) is 0 Å². The van der Waals surface area contributed by atoms with E-state index in [1.165, 1.54) is 23.5 Å². The molecule has 0 aliphatic heterocycles. The predicted octanol–water partition coefficient (Wildman–Crippen LogP) is 3.21. The number of hydrogen-bond donors (Lipinski definition) is 2. The van der Waals surface area contributed by atoms with E-state index in [4.69, 9.17) is 0 Å². The molecule has 2 aromatic carbocycles. The number of thiophene rings is 1. The first-order valence-electron chi connectivity index (χ1n) is 9.01. The molecule has 0 spiro atoms. The Morgan fingerprint density at radius 2 is 1.62 bits per heavy atom. The van der Waals surface area contributed by atoms with E-state index in [9.17, 15) is 18.8 Å². The molecule has 3 aromatic rings. The van der Waals surface area contributed by atoms with Crippen LogP contribution >= 0.6 is 11.3 Å². The molecule has 1 heterocycles. The average molecular weight is 410 g/mol. The molecule has 0 aliphatic rings. The van der Waals surface area contributed by atoms with E-state index in [0.717, 1.165) is 0 Å². The molecule has 5 nitrogen and oxygen atoms in total. The van der Waals surface area contributed by atoms with E-state index in [1.54, 1.807) is 48.5 Å². The number of carbonyl (C=O) groups excluding carboxylic acids is 3. The third-order valence-electron chi connectivity index (χ3n) is 4.15. The van der Waals surface area contributed by atoms with Crippen molar-refractivity contribution in [3.63, 3.8) is 0 Å². The summed E-state index contributed by atoms with van der Waals surface area (Å²) in [5, 5.41) is 7.19. The molecule has 0 saturated carbocycles. The van der Waals surface area contributed by atoms with E-state index < -0.39 is 5.82 Å². The van der Waals surface area contributed by atoms with Crippen LogP contribution in [0, 0.1) is 5.82 Å². The highest BCUT2D eigenvalue weighted by Gasteiger charge is 2.18. The topological polar surface area (TPSA) is 75.3 Å². The number of hydrogen-bond acceptors (Lipinski definition) is 4. The van der Waals surface area contributed by atoms with Crippen molar-refractivity contribution in [2.75, 3.05) is 13.1 Å². The van der Waals surface area contributed by atoms with Crippen LogP contribution < -0.4 is 10.6 Å². The first-order valence-corrected chi connectivity index (χ1v) is 9.89. The van der Waals surface area contributed by atoms with Crippen molar-refractivity contribution in [2.24, 2.45) is 0 Å². The summed E-state index contributed by atoms with van der Waals surface area (Å²) in [6, 6.07) is 16.0. The second-order valence-electron chi connectivity index (χ2n) is 6.26. The van der Waals surface area contributed by atoms with Crippen LogP contribution in [0.25, 0.3) is 0 Å². The summed E-state index contributed by atoms with van der Waals surface area (Å²) in [6.07, 6.45) is 0.0594. The first kappa shape index (κ1) is 20.4. The van der Waals surface area contributed by atoms with Gasteiger partial charge in [-0.1, -0.05) is 36.4 Å². The Labute approximate surface area is 171 Å². The number of halogens is 1. The van der Waals surface area contributed by atoms with Crippen molar-refractivity contribution >= 4 is 28.9 Å². The van der Waals surface area contributed by atoms with E-state index in [2.05, 4.69) is 10.6 Å². The molecule has 1 aromatic heterocycles. The normalized spacial score (nSPS) is 10.4. The summed E-state index contributed by atoms with van der Waals surface area (Å²) in [4.78, 5) is 37.6. The highest BCUT2D eigenvalue weighted by molar-refractivity contribution is 7.12. The molecule has 0 atom stereocenters. The van der Waals surface area contributed by atoms with Crippen LogP contribution in [-0.4, -0.2) is 30.7 Å². The molecule has 0 fully saturated rings. The Kier molecular flexibility index (Phi) is 6.86. The summed E-state index contributed by atoms with van der Waals surface area (Å²) < 4.78 is 13.2. The molecular weight excluding hydrogens is 391 g/mol. The molecule has 2 N–H and O–H groups in total. The second kappa shape index (κ2) is 9.75. The van der Waals surface area contributed by atoms with Crippen LogP contribution in [0.1, 0.15) is 31.2 Å². The fourth-order valence-electron chi connectivity index (χ4n) is 2.79. The lowest BCUT2D eigenvalue weighted by Crippen LogP contribution is -2.35. The monoisotopic (exact) mass is 410 g/mol. The maximum Gasteiger partial charge on any atom is 0.252 e. The van der Waals surface area contributed by atoms with Gasteiger partial charge >= 0.3 is 0 Å². The van der Waals surface area contributed by atoms with Gasteiger partial charge in [0.25, 0.3) is 5.91 Å². The maximum atomic E-state index is 13.2. The molecule has 29 heavy (non-hydrogen) atoms. The zero-order valence-corrected chi connectivity index (χ0v) is 16.3. The second-order valence-corrected chi connectivity index (χ2v) is 7.21. The predicted molar refractivity (Wildman–Crippen MR) is 110 cm³/mol.